The van der Waals surface area contributed by atoms with Crippen molar-refractivity contribution < 1.29 is 0 Å². The summed E-state index contributed by atoms with van der Waals surface area (Å²) in [6.07, 6.45) is 17.2. The summed E-state index contributed by atoms with van der Waals surface area (Å²) in [5, 5.41) is 0. The van der Waals surface area contributed by atoms with Gasteiger partial charge in [0.05, 0.1) is 0 Å². The molecule has 0 spiro atoms. The van der Waals surface area contributed by atoms with Crippen molar-refractivity contribution in [3.8, 4) is 0 Å². The van der Waals surface area contributed by atoms with E-state index in [0.29, 0.717) is 10.8 Å². The fraction of sp³-hybridized carbons (Fsp3) is 0.692. The number of rotatable bonds is 0. The van der Waals surface area contributed by atoms with Crippen molar-refractivity contribution in [1.82, 2.24) is 0 Å². The Morgan fingerprint density at radius 3 is 1.85 bits per heavy atom. The van der Waals surface area contributed by atoms with E-state index in [1.807, 2.05) is 0 Å². The van der Waals surface area contributed by atoms with Gasteiger partial charge < -0.3 is 0 Å². The molecule has 2 fully saturated rings. The summed E-state index contributed by atoms with van der Waals surface area (Å²) in [7, 11) is 0. The van der Waals surface area contributed by atoms with Crippen LogP contribution in [-0.4, -0.2) is 0 Å². The van der Waals surface area contributed by atoms with E-state index in [1.165, 1.54) is 25.7 Å². The summed E-state index contributed by atoms with van der Waals surface area (Å²) in [6, 6.07) is 0. The molecule has 0 unspecified atom stereocenters. The highest BCUT2D eigenvalue weighted by atomic mass is 14.7. The Kier molecular flexibility index (Phi) is 0.949. The Balaban J connectivity index is 1.83. The molecule has 0 N–H and O–H groups in total. The summed E-state index contributed by atoms with van der Waals surface area (Å²) in [5.41, 5.74) is 1.28. The Hall–Kier alpha value is -0.520. The van der Waals surface area contributed by atoms with E-state index in [2.05, 4.69) is 24.3 Å². The SMILES string of the molecule is C1=CC[C@]23C=C[C@]2(C1)C[C@H]1C[C@H]1C3. The fourth-order valence-electron chi connectivity index (χ4n) is 4.14. The van der Waals surface area contributed by atoms with Crippen LogP contribution in [0, 0.1) is 22.7 Å². The van der Waals surface area contributed by atoms with E-state index >= 15 is 0 Å². The van der Waals surface area contributed by atoms with Crippen molar-refractivity contribution in [2.24, 2.45) is 22.7 Å². The quantitative estimate of drug-likeness (QED) is 0.492. The van der Waals surface area contributed by atoms with E-state index in [1.54, 1.807) is 6.42 Å². The second kappa shape index (κ2) is 1.80. The van der Waals surface area contributed by atoms with Crippen LogP contribution in [0.3, 0.4) is 0 Å². The van der Waals surface area contributed by atoms with Crippen LogP contribution < -0.4 is 0 Å². The van der Waals surface area contributed by atoms with Crippen LogP contribution in [-0.2, 0) is 0 Å². The molecule has 4 atom stereocenters. The van der Waals surface area contributed by atoms with Gasteiger partial charge >= 0.3 is 0 Å². The van der Waals surface area contributed by atoms with Gasteiger partial charge in [-0.1, -0.05) is 24.3 Å². The maximum Gasteiger partial charge on any atom is 0.00131 e. The van der Waals surface area contributed by atoms with Crippen LogP contribution in [0.15, 0.2) is 24.3 Å². The number of hydrogen-bond donors (Lipinski definition) is 0. The lowest BCUT2D eigenvalue weighted by Gasteiger charge is -2.58. The largest absolute Gasteiger partial charge is 0.0876 e. The van der Waals surface area contributed by atoms with Gasteiger partial charge in [0.25, 0.3) is 0 Å². The van der Waals surface area contributed by atoms with E-state index in [0.717, 1.165) is 11.8 Å². The maximum absolute atomic E-state index is 2.53. The standard InChI is InChI=1S/C13H16/c1-2-4-13-6-5-12(13,3-1)8-10-7-11(10)9-13/h1-2,5-6,10-11H,3-4,7-9H2/t10-,11+,12-,13-/m1/s1. The Bertz CT molecular complexity index is 295. The predicted octanol–water partition coefficient (Wildman–Crippen LogP) is 3.31. The van der Waals surface area contributed by atoms with Gasteiger partial charge in [0.15, 0.2) is 0 Å². The lowest BCUT2D eigenvalue weighted by Crippen LogP contribution is -2.49. The zero-order valence-corrected chi connectivity index (χ0v) is 8.00. The van der Waals surface area contributed by atoms with Crippen molar-refractivity contribution in [3.63, 3.8) is 0 Å². The highest BCUT2D eigenvalue weighted by molar-refractivity contribution is 5.35. The molecule has 0 nitrogen and oxygen atoms in total. The summed E-state index contributed by atoms with van der Waals surface area (Å²) in [6.45, 7) is 0. The molecule has 0 aromatic rings. The van der Waals surface area contributed by atoms with Crippen LogP contribution in [0.4, 0.5) is 0 Å². The molecule has 2 saturated carbocycles. The van der Waals surface area contributed by atoms with Gasteiger partial charge in [-0.3, -0.25) is 0 Å². The van der Waals surface area contributed by atoms with Gasteiger partial charge in [-0.05, 0) is 43.9 Å². The lowest BCUT2D eigenvalue weighted by molar-refractivity contribution is 0.0323. The second-order valence-electron chi connectivity index (χ2n) is 5.69. The van der Waals surface area contributed by atoms with E-state index in [-0.39, 0.29) is 0 Å². The average Bonchev–Trinajstić information content (AvgIpc) is 2.84. The van der Waals surface area contributed by atoms with Gasteiger partial charge in [0.1, 0.15) is 0 Å². The molecule has 0 radical (unpaired) electrons. The van der Waals surface area contributed by atoms with Crippen molar-refractivity contribution in [2.75, 3.05) is 0 Å². The molecule has 0 aliphatic heterocycles. The average molecular weight is 172 g/mol. The summed E-state index contributed by atoms with van der Waals surface area (Å²) < 4.78 is 0. The summed E-state index contributed by atoms with van der Waals surface area (Å²) in [5.74, 6) is 2.23. The monoisotopic (exact) mass is 172 g/mol. The maximum atomic E-state index is 2.53. The van der Waals surface area contributed by atoms with E-state index in [4.69, 9.17) is 0 Å². The molecule has 13 heavy (non-hydrogen) atoms. The molecule has 68 valence electrons. The number of fused-ring (bicyclic) bond motifs is 1. The van der Waals surface area contributed by atoms with Gasteiger partial charge in [-0.15, -0.1) is 0 Å². The Labute approximate surface area is 79.7 Å². The van der Waals surface area contributed by atoms with Gasteiger partial charge in [0.2, 0.25) is 0 Å². The molecule has 4 rings (SSSR count). The van der Waals surface area contributed by atoms with Crippen LogP contribution in [0.2, 0.25) is 0 Å². The Morgan fingerprint density at radius 2 is 1.38 bits per heavy atom. The summed E-state index contributed by atoms with van der Waals surface area (Å²) >= 11 is 0. The van der Waals surface area contributed by atoms with Crippen LogP contribution in [0.5, 0.6) is 0 Å². The highest BCUT2D eigenvalue weighted by Gasteiger charge is 2.62. The van der Waals surface area contributed by atoms with Gasteiger partial charge in [-0.2, -0.15) is 0 Å². The molecular formula is C13H16. The highest BCUT2D eigenvalue weighted by Crippen LogP contribution is 2.72. The molecule has 0 amide bonds. The van der Waals surface area contributed by atoms with Crippen molar-refractivity contribution >= 4 is 0 Å². The first-order valence-electron chi connectivity index (χ1n) is 5.69. The minimum atomic E-state index is 0.638. The third-order valence-corrected chi connectivity index (χ3v) is 5.17. The van der Waals surface area contributed by atoms with Crippen LogP contribution >= 0.6 is 0 Å². The minimum absolute atomic E-state index is 0.638. The molecule has 0 bridgehead atoms. The van der Waals surface area contributed by atoms with Crippen LogP contribution in [0.1, 0.15) is 32.1 Å². The molecule has 4 aliphatic carbocycles. The third kappa shape index (κ3) is 0.630. The number of hydrogen-bond acceptors (Lipinski definition) is 0. The summed E-state index contributed by atoms with van der Waals surface area (Å²) in [4.78, 5) is 0. The molecule has 0 heteroatoms. The number of allylic oxidation sites excluding steroid dienone is 4. The Morgan fingerprint density at radius 1 is 0.846 bits per heavy atom. The first kappa shape index (κ1) is 6.86. The van der Waals surface area contributed by atoms with E-state index in [9.17, 15) is 0 Å². The van der Waals surface area contributed by atoms with Crippen molar-refractivity contribution in [2.45, 2.75) is 32.1 Å². The first-order chi connectivity index (χ1) is 6.34. The third-order valence-electron chi connectivity index (χ3n) is 5.17. The fourth-order valence-corrected chi connectivity index (χ4v) is 4.14. The molecule has 4 aliphatic rings. The van der Waals surface area contributed by atoms with Gasteiger partial charge in [-0.25, -0.2) is 0 Å². The van der Waals surface area contributed by atoms with Crippen LogP contribution in [0.25, 0.3) is 0 Å². The first-order valence-corrected chi connectivity index (χ1v) is 5.69. The minimum Gasteiger partial charge on any atom is -0.0876 e. The normalized spacial score (nSPS) is 60.3. The molecular weight excluding hydrogens is 156 g/mol. The topological polar surface area (TPSA) is 0 Å². The van der Waals surface area contributed by atoms with Crippen molar-refractivity contribution in [1.29, 1.82) is 0 Å². The molecule has 0 aromatic heterocycles. The second-order valence-corrected chi connectivity index (χ2v) is 5.69. The smallest absolute Gasteiger partial charge is 0.00131 e. The zero-order chi connectivity index (χ0) is 8.52. The lowest BCUT2D eigenvalue weighted by atomic mass is 9.45. The molecule has 0 saturated heterocycles. The predicted molar refractivity (Wildman–Crippen MR) is 53.2 cm³/mol. The van der Waals surface area contributed by atoms with Crippen molar-refractivity contribution in [3.05, 3.63) is 24.3 Å². The molecule has 0 aromatic carbocycles. The van der Waals surface area contributed by atoms with E-state index < -0.39 is 0 Å². The van der Waals surface area contributed by atoms with Gasteiger partial charge in [0, 0.05) is 10.8 Å². The molecule has 0 heterocycles. The zero-order valence-electron chi connectivity index (χ0n) is 8.00.